The molecule has 2 heterocycles. The van der Waals surface area contributed by atoms with Crippen LogP contribution in [0.5, 0.6) is 23.0 Å². The lowest BCUT2D eigenvalue weighted by molar-refractivity contribution is -0.280. The van der Waals surface area contributed by atoms with E-state index in [1.807, 2.05) is 0 Å². The summed E-state index contributed by atoms with van der Waals surface area (Å²) in [6.45, 7) is -0.672. The smallest absolute Gasteiger partial charge is 0.238 e. The highest BCUT2D eigenvalue weighted by atomic mass is 16.7. The largest absolute Gasteiger partial charge is 0.508 e. The van der Waals surface area contributed by atoms with E-state index in [0.717, 1.165) is 12.1 Å². The van der Waals surface area contributed by atoms with Crippen molar-refractivity contribution in [2.45, 2.75) is 30.7 Å². The van der Waals surface area contributed by atoms with Crippen molar-refractivity contribution >= 4 is 11.0 Å². The van der Waals surface area contributed by atoms with Crippen molar-refractivity contribution in [3.05, 3.63) is 46.6 Å². The number of hydrogen-bond acceptors (Lipinski definition) is 11. The second-order valence-electron chi connectivity index (χ2n) is 7.28. The number of rotatable bonds is 4. The zero-order valence-electron chi connectivity index (χ0n) is 16.3. The molecule has 170 valence electrons. The number of phenols is 2. The van der Waals surface area contributed by atoms with Gasteiger partial charge in [0.2, 0.25) is 11.2 Å². The molecule has 0 spiro atoms. The fraction of sp³-hybridized carbons (Fsp3) is 0.286. The fourth-order valence-electron chi connectivity index (χ4n) is 3.51. The summed E-state index contributed by atoms with van der Waals surface area (Å²) in [6.07, 6.45) is -7.98. The number of ether oxygens (including phenoxy) is 2. The second kappa shape index (κ2) is 8.30. The van der Waals surface area contributed by atoms with Crippen LogP contribution in [0, 0.1) is 0 Å². The fourth-order valence-corrected chi connectivity index (χ4v) is 3.51. The molecule has 5 unspecified atom stereocenters. The summed E-state index contributed by atoms with van der Waals surface area (Å²) < 4.78 is 16.1. The van der Waals surface area contributed by atoms with Gasteiger partial charge in [0.05, 0.1) is 6.61 Å². The quantitative estimate of drug-likeness (QED) is 0.279. The van der Waals surface area contributed by atoms with Crippen LogP contribution >= 0.6 is 0 Å². The SMILES string of the molecule is O=c1c(O)c(-c2ccc(O)cc2)oc2cc(O)cc(OC3C(O)OC(CO)C(O)C3O)c12. The Kier molecular flexibility index (Phi) is 5.67. The van der Waals surface area contributed by atoms with Crippen LogP contribution in [-0.4, -0.2) is 73.1 Å². The van der Waals surface area contributed by atoms with Crippen molar-refractivity contribution in [3.8, 4) is 34.3 Å². The van der Waals surface area contributed by atoms with Gasteiger partial charge >= 0.3 is 0 Å². The number of hydrogen-bond donors (Lipinski definition) is 7. The molecule has 4 rings (SSSR count). The molecule has 1 aromatic heterocycles. The third-order valence-corrected chi connectivity index (χ3v) is 5.16. The summed E-state index contributed by atoms with van der Waals surface area (Å²) in [6, 6.07) is 7.57. The zero-order chi connectivity index (χ0) is 23.2. The molecule has 3 aromatic rings. The summed E-state index contributed by atoms with van der Waals surface area (Å²) in [4.78, 5) is 12.9. The molecule has 1 aliphatic rings. The number of aliphatic hydroxyl groups excluding tert-OH is 4. The Morgan fingerprint density at radius 1 is 0.938 bits per heavy atom. The molecule has 0 radical (unpaired) electrons. The van der Waals surface area contributed by atoms with Crippen molar-refractivity contribution in [2.24, 2.45) is 0 Å². The molecule has 2 aromatic carbocycles. The van der Waals surface area contributed by atoms with E-state index in [4.69, 9.17) is 13.9 Å². The molecular formula is C21H20O11. The first-order valence-electron chi connectivity index (χ1n) is 9.50. The molecule has 0 saturated carbocycles. The summed E-state index contributed by atoms with van der Waals surface area (Å²) >= 11 is 0. The van der Waals surface area contributed by atoms with E-state index in [1.54, 1.807) is 0 Å². The van der Waals surface area contributed by atoms with Gasteiger partial charge in [0.25, 0.3) is 0 Å². The van der Waals surface area contributed by atoms with Crippen LogP contribution in [0.4, 0.5) is 0 Å². The Labute approximate surface area is 179 Å². The minimum Gasteiger partial charge on any atom is -0.508 e. The molecule has 0 amide bonds. The third-order valence-electron chi connectivity index (χ3n) is 5.16. The predicted octanol–water partition coefficient (Wildman–Crippen LogP) is -0.245. The maximum absolute atomic E-state index is 12.9. The molecule has 1 saturated heterocycles. The van der Waals surface area contributed by atoms with E-state index in [9.17, 15) is 40.5 Å². The lowest BCUT2D eigenvalue weighted by Gasteiger charge is -2.39. The minimum absolute atomic E-state index is 0.0397. The number of aliphatic hydroxyl groups is 4. The molecule has 1 fully saturated rings. The Bertz CT molecular complexity index is 1190. The van der Waals surface area contributed by atoms with Crippen LogP contribution in [-0.2, 0) is 4.74 Å². The maximum atomic E-state index is 12.9. The number of benzene rings is 2. The van der Waals surface area contributed by atoms with E-state index >= 15 is 0 Å². The molecule has 1 aliphatic heterocycles. The van der Waals surface area contributed by atoms with Gasteiger partial charge in [0.1, 0.15) is 46.5 Å². The van der Waals surface area contributed by atoms with Crippen molar-refractivity contribution in [3.63, 3.8) is 0 Å². The van der Waals surface area contributed by atoms with Gasteiger partial charge in [0.15, 0.2) is 18.2 Å². The van der Waals surface area contributed by atoms with Gasteiger partial charge in [-0.3, -0.25) is 4.79 Å². The lowest BCUT2D eigenvalue weighted by Crippen LogP contribution is -2.60. The average molecular weight is 448 g/mol. The third kappa shape index (κ3) is 3.72. The van der Waals surface area contributed by atoms with Gasteiger partial charge in [-0.2, -0.15) is 0 Å². The molecule has 32 heavy (non-hydrogen) atoms. The molecule has 11 heteroatoms. The van der Waals surface area contributed by atoms with Gasteiger partial charge in [-0.05, 0) is 24.3 Å². The molecular weight excluding hydrogens is 428 g/mol. The normalized spacial score (nSPS) is 25.7. The second-order valence-corrected chi connectivity index (χ2v) is 7.28. The molecule has 0 aliphatic carbocycles. The Morgan fingerprint density at radius 2 is 1.62 bits per heavy atom. The first kappa shape index (κ1) is 21.9. The summed E-state index contributed by atoms with van der Waals surface area (Å²) in [7, 11) is 0. The number of fused-ring (bicyclic) bond motifs is 1. The lowest BCUT2D eigenvalue weighted by atomic mass is 9.99. The monoisotopic (exact) mass is 448 g/mol. The molecule has 5 atom stereocenters. The first-order valence-corrected chi connectivity index (χ1v) is 9.50. The molecule has 7 N–H and O–H groups in total. The van der Waals surface area contributed by atoms with Gasteiger partial charge in [0, 0.05) is 17.7 Å². The Morgan fingerprint density at radius 3 is 2.28 bits per heavy atom. The van der Waals surface area contributed by atoms with E-state index in [1.165, 1.54) is 24.3 Å². The van der Waals surface area contributed by atoms with E-state index in [2.05, 4.69) is 0 Å². The van der Waals surface area contributed by atoms with Crippen molar-refractivity contribution in [1.82, 2.24) is 0 Å². The highest BCUT2D eigenvalue weighted by molar-refractivity contribution is 5.88. The number of phenolic OH excluding ortho intramolecular Hbond substituents is 2. The van der Waals surface area contributed by atoms with Gasteiger partial charge in [-0.15, -0.1) is 0 Å². The number of aromatic hydroxyl groups is 3. The molecule has 0 bridgehead atoms. The highest BCUT2D eigenvalue weighted by Gasteiger charge is 2.45. The summed E-state index contributed by atoms with van der Waals surface area (Å²) in [5.41, 5.74) is -0.839. The zero-order valence-corrected chi connectivity index (χ0v) is 16.3. The van der Waals surface area contributed by atoms with Crippen molar-refractivity contribution < 1.29 is 49.6 Å². The van der Waals surface area contributed by atoms with Crippen molar-refractivity contribution in [1.29, 1.82) is 0 Å². The maximum Gasteiger partial charge on any atom is 0.238 e. The standard InChI is InChI=1S/C21H20O11/c22-7-13-15(25)17(27)20(21(29)32-13)31-12-6-10(24)5-11-14(12)16(26)18(28)19(30-11)8-1-3-9(23)4-2-8/h1-6,13,15,17,20-25,27-29H,7H2. The summed E-state index contributed by atoms with van der Waals surface area (Å²) in [5.74, 6) is -1.79. The van der Waals surface area contributed by atoms with Crippen LogP contribution in [0.25, 0.3) is 22.3 Å². The van der Waals surface area contributed by atoms with Gasteiger partial charge < -0.3 is 49.6 Å². The first-order chi connectivity index (χ1) is 15.2. The Balaban J connectivity index is 1.80. The van der Waals surface area contributed by atoms with E-state index < -0.39 is 54.2 Å². The van der Waals surface area contributed by atoms with Crippen LogP contribution in [0.15, 0.2) is 45.6 Å². The average Bonchev–Trinajstić information content (AvgIpc) is 2.76. The van der Waals surface area contributed by atoms with Gasteiger partial charge in [-0.25, -0.2) is 0 Å². The minimum atomic E-state index is -1.79. The van der Waals surface area contributed by atoms with E-state index in [-0.39, 0.29) is 33.8 Å². The van der Waals surface area contributed by atoms with Crippen molar-refractivity contribution in [2.75, 3.05) is 6.61 Å². The summed E-state index contributed by atoms with van der Waals surface area (Å²) in [5, 5.41) is 69.3. The van der Waals surface area contributed by atoms with E-state index in [0.29, 0.717) is 0 Å². The molecule has 11 nitrogen and oxygen atoms in total. The van der Waals surface area contributed by atoms with Crippen LogP contribution in [0.1, 0.15) is 0 Å². The van der Waals surface area contributed by atoms with Crippen LogP contribution < -0.4 is 10.2 Å². The van der Waals surface area contributed by atoms with Crippen LogP contribution in [0.2, 0.25) is 0 Å². The Hall–Kier alpha value is -3.35. The predicted molar refractivity (Wildman–Crippen MR) is 107 cm³/mol. The van der Waals surface area contributed by atoms with Crippen LogP contribution in [0.3, 0.4) is 0 Å². The highest BCUT2D eigenvalue weighted by Crippen LogP contribution is 2.37. The van der Waals surface area contributed by atoms with Gasteiger partial charge in [-0.1, -0.05) is 0 Å². The topological polar surface area (TPSA) is 190 Å².